The topological polar surface area (TPSA) is 118 Å². The zero-order valence-electron chi connectivity index (χ0n) is 13.9. The summed E-state index contributed by atoms with van der Waals surface area (Å²) in [5.41, 5.74) is 5.53. The van der Waals surface area contributed by atoms with Crippen LogP contribution in [-0.4, -0.2) is 43.7 Å². The molecule has 134 valence electrons. The summed E-state index contributed by atoms with van der Waals surface area (Å²) in [6.07, 6.45) is 0.409. The zero-order chi connectivity index (χ0) is 18.8. The minimum Gasteiger partial charge on any atom is -0.495 e. The molecule has 0 aliphatic heterocycles. The Morgan fingerprint density at radius 1 is 1.48 bits per heavy atom. The smallest absolute Gasteiger partial charge is 0.413 e. The van der Waals surface area contributed by atoms with E-state index in [1.165, 1.54) is 13.2 Å². The first-order chi connectivity index (χ1) is 12.0. The molecule has 1 aromatic rings. The summed E-state index contributed by atoms with van der Waals surface area (Å²) >= 11 is 5.99. The van der Waals surface area contributed by atoms with Crippen molar-refractivity contribution < 1.29 is 19.1 Å². The van der Waals surface area contributed by atoms with E-state index in [9.17, 15) is 14.9 Å². The third-order valence-corrected chi connectivity index (χ3v) is 3.23. The molecule has 0 atom stereocenters. The minimum absolute atomic E-state index is 0.103. The Bertz CT molecular complexity index is 700. The third-order valence-electron chi connectivity index (χ3n) is 2.93. The van der Waals surface area contributed by atoms with Crippen LogP contribution in [0.3, 0.4) is 0 Å². The van der Waals surface area contributed by atoms with Crippen LogP contribution in [0.4, 0.5) is 10.5 Å². The molecule has 0 heterocycles. The Morgan fingerprint density at radius 3 is 2.72 bits per heavy atom. The number of nitrogens with two attached hydrogens (primary N) is 1. The van der Waals surface area contributed by atoms with Crippen molar-refractivity contribution >= 4 is 29.3 Å². The maximum Gasteiger partial charge on any atom is 0.413 e. The molecule has 8 nitrogen and oxygen atoms in total. The van der Waals surface area contributed by atoms with Gasteiger partial charge in [0.05, 0.1) is 18.7 Å². The summed E-state index contributed by atoms with van der Waals surface area (Å²) < 4.78 is 9.88. The van der Waals surface area contributed by atoms with Crippen molar-refractivity contribution in [3.63, 3.8) is 0 Å². The second-order valence-corrected chi connectivity index (χ2v) is 5.05. The number of ether oxygens (including phenoxy) is 2. The molecule has 0 bridgehead atoms. The van der Waals surface area contributed by atoms with Crippen molar-refractivity contribution in [2.24, 2.45) is 5.73 Å². The fraction of sp³-hybridized carbons (Fsp3) is 0.312. The lowest BCUT2D eigenvalue weighted by molar-refractivity contribution is -0.112. The first-order valence-corrected chi connectivity index (χ1v) is 7.74. The van der Waals surface area contributed by atoms with E-state index in [0.717, 1.165) is 11.1 Å². The number of carbonyl (C=O) groups excluding carboxylic acids is 2. The molecule has 0 spiro atoms. The first-order valence-electron chi connectivity index (χ1n) is 7.37. The summed E-state index contributed by atoms with van der Waals surface area (Å²) in [7, 11) is 1.47. The maximum absolute atomic E-state index is 12.2. The van der Waals surface area contributed by atoms with E-state index in [0.29, 0.717) is 16.5 Å². The predicted molar refractivity (Wildman–Crippen MR) is 93.1 cm³/mol. The molecule has 9 heteroatoms. The third kappa shape index (κ3) is 5.99. The monoisotopic (exact) mass is 366 g/mol. The lowest BCUT2D eigenvalue weighted by Crippen LogP contribution is -2.32. The number of carbonyl (C=O) groups is 2. The van der Waals surface area contributed by atoms with Crippen molar-refractivity contribution in [3.8, 4) is 11.8 Å². The number of hydrogen-bond acceptors (Lipinski definition) is 6. The summed E-state index contributed by atoms with van der Waals surface area (Å²) in [6, 6.07) is 6.38. The quantitative estimate of drug-likeness (QED) is 0.563. The highest BCUT2D eigenvalue weighted by atomic mass is 35.5. The Morgan fingerprint density at radius 2 is 2.20 bits per heavy atom. The van der Waals surface area contributed by atoms with Gasteiger partial charge >= 0.3 is 6.09 Å². The second-order valence-electron chi connectivity index (χ2n) is 4.64. The highest BCUT2D eigenvalue weighted by Gasteiger charge is 2.17. The van der Waals surface area contributed by atoms with E-state index in [4.69, 9.17) is 26.8 Å². The van der Waals surface area contributed by atoms with E-state index in [1.54, 1.807) is 25.1 Å². The van der Waals surface area contributed by atoms with Crippen molar-refractivity contribution in [1.29, 1.82) is 5.26 Å². The summed E-state index contributed by atoms with van der Waals surface area (Å²) in [5.74, 6) is -0.248. The highest BCUT2D eigenvalue weighted by molar-refractivity contribution is 6.32. The zero-order valence-corrected chi connectivity index (χ0v) is 14.7. The van der Waals surface area contributed by atoms with E-state index in [-0.39, 0.29) is 25.3 Å². The fourth-order valence-corrected chi connectivity index (χ4v) is 2.05. The van der Waals surface area contributed by atoms with Crippen LogP contribution in [0.2, 0.25) is 5.02 Å². The molecule has 0 aromatic heterocycles. The van der Waals surface area contributed by atoms with Gasteiger partial charge in [-0.1, -0.05) is 11.6 Å². The van der Waals surface area contributed by atoms with Gasteiger partial charge in [0.25, 0.3) is 5.91 Å². The fourth-order valence-electron chi connectivity index (χ4n) is 1.79. The molecule has 0 saturated heterocycles. The molecule has 0 radical (unpaired) electrons. The predicted octanol–water partition coefficient (Wildman–Crippen LogP) is 2.11. The number of nitrogens with zero attached hydrogens (tertiary/aromatic N) is 2. The number of benzene rings is 1. The van der Waals surface area contributed by atoms with Gasteiger partial charge < -0.3 is 20.5 Å². The van der Waals surface area contributed by atoms with E-state index in [2.05, 4.69) is 5.32 Å². The van der Waals surface area contributed by atoms with Crippen LogP contribution in [0.5, 0.6) is 5.75 Å². The second kappa shape index (κ2) is 10.2. The summed E-state index contributed by atoms with van der Waals surface area (Å²) in [5, 5.41) is 12.0. The maximum atomic E-state index is 12.2. The van der Waals surface area contributed by atoms with Crippen molar-refractivity contribution in [1.82, 2.24) is 4.90 Å². The normalized spacial score (nSPS) is 10.6. The van der Waals surface area contributed by atoms with Crippen LogP contribution in [0.25, 0.3) is 0 Å². The van der Waals surface area contributed by atoms with Gasteiger partial charge in [0.2, 0.25) is 0 Å². The van der Waals surface area contributed by atoms with Gasteiger partial charge in [0.1, 0.15) is 17.4 Å². The summed E-state index contributed by atoms with van der Waals surface area (Å²) in [4.78, 5) is 25.1. The van der Waals surface area contributed by atoms with Crippen LogP contribution < -0.4 is 15.8 Å². The van der Waals surface area contributed by atoms with Gasteiger partial charge in [0.15, 0.2) is 0 Å². The molecule has 1 rings (SSSR count). The van der Waals surface area contributed by atoms with Crippen LogP contribution in [0.1, 0.15) is 6.92 Å². The molecule has 0 fully saturated rings. The molecule has 1 aromatic carbocycles. The lowest BCUT2D eigenvalue weighted by Gasteiger charge is -2.17. The Kier molecular flexibility index (Phi) is 8.26. The van der Waals surface area contributed by atoms with E-state index < -0.39 is 12.0 Å². The first kappa shape index (κ1) is 20.3. The van der Waals surface area contributed by atoms with Gasteiger partial charge in [-0.25, -0.2) is 4.79 Å². The highest BCUT2D eigenvalue weighted by Crippen LogP contribution is 2.27. The van der Waals surface area contributed by atoms with Crippen molar-refractivity contribution in [2.45, 2.75) is 6.92 Å². The average Bonchev–Trinajstić information content (AvgIpc) is 2.58. The SMILES string of the molecule is CCOC(=O)N(/C=C(/C#N)C(=O)Nc1ccc(OC)c(Cl)c1)CCN. The number of anilines is 1. The lowest BCUT2D eigenvalue weighted by atomic mass is 10.2. The number of nitrogens with one attached hydrogen (secondary N) is 1. The van der Waals surface area contributed by atoms with Gasteiger partial charge in [-0.2, -0.15) is 5.26 Å². The summed E-state index contributed by atoms with van der Waals surface area (Å²) in [6.45, 7) is 2.05. The largest absolute Gasteiger partial charge is 0.495 e. The molecular formula is C16H19ClN4O4. The molecule has 3 N–H and O–H groups in total. The number of methoxy groups -OCH3 is 1. The Balaban J connectivity index is 2.96. The van der Waals surface area contributed by atoms with Crippen LogP contribution in [0, 0.1) is 11.3 Å². The molecule has 0 aliphatic rings. The van der Waals surface area contributed by atoms with E-state index >= 15 is 0 Å². The Labute approximate surface area is 150 Å². The minimum atomic E-state index is -0.699. The molecule has 0 aliphatic carbocycles. The molecule has 0 unspecified atom stereocenters. The van der Waals surface area contributed by atoms with E-state index in [1.807, 2.05) is 0 Å². The molecular weight excluding hydrogens is 348 g/mol. The van der Waals surface area contributed by atoms with Crippen LogP contribution in [-0.2, 0) is 9.53 Å². The van der Waals surface area contributed by atoms with Gasteiger partial charge in [-0.05, 0) is 25.1 Å². The van der Waals surface area contributed by atoms with Crippen molar-refractivity contribution in [3.05, 3.63) is 35.0 Å². The standard InChI is InChI=1S/C16H19ClN4O4/c1-3-25-16(23)21(7-6-18)10-11(9-19)15(22)20-12-4-5-14(24-2)13(17)8-12/h4-5,8,10H,3,6-7,18H2,1-2H3,(H,20,22)/b11-10-. The number of amides is 2. The number of rotatable bonds is 7. The molecule has 0 saturated carbocycles. The van der Waals surface area contributed by atoms with Crippen LogP contribution >= 0.6 is 11.6 Å². The molecule has 25 heavy (non-hydrogen) atoms. The van der Waals surface area contributed by atoms with Gasteiger partial charge in [-0.15, -0.1) is 0 Å². The number of nitriles is 1. The average molecular weight is 367 g/mol. The Hall–Kier alpha value is -2.76. The van der Waals surface area contributed by atoms with Crippen molar-refractivity contribution in [2.75, 3.05) is 32.1 Å². The van der Waals surface area contributed by atoms with Gasteiger partial charge in [0, 0.05) is 25.0 Å². The number of halogens is 1. The van der Waals surface area contributed by atoms with Crippen LogP contribution in [0.15, 0.2) is 30.0 Å². The molecule has 2 amide bonds. The number of hydrogen-bond donors (Lipinski definition) is 2. The van der Waals surface area contributed by atoms with Gasteiger partial charge in [-0.3, -0.25) is 9.69 Å².